The van der Waals surface area contributed by atoms with E-state index < -0.39 is 0 Å². The standard InChI is InChI=1S/C8H5BrCl2O2.C8H6BrClO2.C8H7BrO2.C8H6Cl2O2/c1-3(12)6-7(11)4(9)2-5(10)8(6)13;1-4(11)6-2-5(9)3-7(10)8(6)12;1-5(10)7-4-6(9)2-3-8(7)11;1-4(11)7-5(9)2-3-6(10)8(7)12/h2,13H,1H3;2-3,12H,1H3;2-4,11H,1H3;2-3,12H,1H3. The average Bonchev–Trinajstić information content (AvgIpc) is 2.98. The van der Waals surface area contributed by atoms with Crippen molar-refractivity contribution in [3.63, 3.8) is 0 Å². The van der Waals surface area contributed by atoms with Crippen molar-refractivity contribution in [2.24, 2.45) is 0 Å². The third-order valence-corrected chi connectivity index (χ3v) is 9.07. The molecule has 8 nitrogen and oxygen atoms in total. The Balaban J connectivity index is 0.000000320. The van der Waals surface area contributed by atoms with E-state index in [0.29, 0.717) is 14.5 Å². The highest BCUT2D eigenvalue weighted by Crippen LogP contribution is 2.38. The lowest BCUT2D eigenvalue weighted by atomic mass is 10.1. The van der Waals surface area contributed by atoms with Crippen LogP contribution in [0.5, 0.6) is 23.0 Å². The van der Waals surface area contributed by atoms with Gasteiger partial charge in [-0.1, -0.05) is 89.9 Å². The van der Waals surface area contributed by atoms with Gasteiger partial charge in [0.25, 0.3) is 0 Å². The molecular weight excluding hydrogens is 929 g/mol. The molecule has 0 aliphatic carbocycles. The molecule has 0 aromatic heterocycles. The fourth-order valence-electron chi connectivity index (χ4n) is 3.41. The summed E-state index contributed by atoms with van der Waals surface area (Å²) in [5, 5.41) is 38.0. The fourth-order valence-corrected chi connectivity index (χ4v) is 6.06. The van der Waals surface area contributed by atoms with Gasteiger partial charge in [-0.25, -0.2) is 0 Å². The van der Waals surface area contributed by atoms with Crippen molar-refractivity contribution in [3.05, 3.63) is 109 Å². The van der Waals surface area contributed by atoms with Crippen molar-refractivity contribution in [2.75, 3.05) is 0 Å². The second kappa shape index (κ2) is 19.7. The van der Waals surface area contributed by atoms with E-state index in [1.807, 2.05) is 0 Å². The normalized spacial score (nSPS) is 9.92. The Bertz CT molecular complexity index is 1860. The lowest BCUT2D eigenvalue weighted by Crippen LogP contribution is -1.95. The van der Waals surface area contributed by atoms with E-state index in [1.54, 1.807) is 12.1 Å². The van der Waals surface area contributed by atoms with Crippen molar-refractivity contribution >= 4 is 129 Å². The van der Waals surface area contributed by atoms with Gasteiger partial charge >= 0.3 is 0 Å². The van der Waals surface area contributed by atoms with Gasteiger partial charge in [0.1, 0.15) is 23.0 Å². The minimum atomic E-state index is -0.328. The van der Waals surface area contributed by atoms with Crippen LogP contribution in [0.1, 0.15) is 69.1 Å². The Morgan fingerprint density at radius 1 is 0.500 bits per heavy atom. The van der Waals surface area contributed by atoms with Crippen LogP contribution in [-0.4, -0.2) is 43.6 Å². The Morgan fingerprint density at radius 3 is 1.42 bits per heavy atom. The third kappa shape index (κ3) is 12.5. The van der Waals surface area contributed by atoms with Gasteiger partial charge in [-0.3, -0.25) is 19.2 Å². The smallest absolute Gasteiger partial charge is 0.165 e. The molecule has 0 radical (unpaired) electrons. The van der Waals surface area contributed by atoms with E-state index in [-0.39, 0.29) is 87.9 Å². The number of phenols is 4. The van der Waals surface area contributed by atoms with Crippen molar-refractivity contribution in [1.29, 1.82) is 0 Å². The highest BCUT2D eigenvalue weighted by Gasteiger charge is 2.18. The molecule has 0 amide bonds. The zero-order valence-electron chi connectivity index (χ0n) is 25.1. The van der Waals surface area contributed by atoms with Crippen LogP contribution < -0.4 is 0 Å². The topological polar surface area (TPSA) is 149 Å². The number of hydrogen-bond acceptors (Lipinski definition) is 8. The van der Waals surface area contributed by atoms with Gasteiger partial charge < -0.3 is 20.4 Å². The summed E-state index contributed by atoms with van der Waals surface area (Å²) in [6.07, 6.45) is 0. The molecule has 0 bridgehead atoms. The molecule has 0 heterocycles. The van der Waals surface area contributed by atoms with Crippen molar-refractivity contribution in [3.8, 4) is 23.0 Å². The molecule has 16 heteroatoms. The molecule has 4 rings (SSSR count). The lowest BCUT2D eigenvalue weighted by molar-refractivity contribution is 0.100. The molecule has 4 aromatic carbocycles. The van der Waals surface area contributed by atoms with Crippen LogP contribution in [0.25, 0.3) is 0 Å². The third-order valence-electron chi connectivity index (χ3n) is 5.67. The molecule has 0 spiro atoms. The summed E-state index contributed by atoms with van der Waals surface area (Å²) < 4.78 is 1.96. The van der Waals surface area contributed by atoms with Gasteiger partial charge in [0, 0.05) is 13.4 Å². The van der Waals surface area contributed by atoms with Crippen LogP contribution in [-0.2, 0) is 0 Å². The number of phenolic OH excluding ortho intramolecular Hbond substituents is 4. The van der Waals surface area contributed by atoms with Crippen LogP contribution in [0.3, 0.4) is 0 Å². The molecule has 0 saturated heterocycles. The summed E-state index contributed by atoms with van der Waals surface area (Å²) in [6, 6.07) is 12.2. The number of ketones is 4. The fraction of sp³-hybridized carbons (Fsp3) is 0.125. The average molecular weight is 954 g/mol. The summed E-state index contributed by atoms with van der Waals surface area (Å²) in [4.78, 5) is 43.8. The highest BCUT2D eigenvalue weighted by molar-refractivity contribution is 9.11. The molecule has 4 N–H and O–H groups in total. The summed E-state index contributed by atoms with van der Waals surface area (Å²) in [5.41, 5.74) is 0.693. The van der Waals surface area contributed by atoms with Crippen molar-refractivity contribution < 1.29 is 39.6 Å². The number of hydrogen-bond donors (Lipinski definition) is 4. The lowest BCUT2D eigenvalue weighted by Gasteiger charge is -2.06. The molecule has 0 atom stereocenters. The molecule has 0 saturated carbocycles. The van der Waals surface area contributed by atoms with Crippen LogP contribution in [0.4, 0.5) is 0 Å². The van der Waals surface area contributed by atoms with Crippen molar-refractivity contribution in [1.82, 2.24) is 0 Å². The van der Waals surface area contributed by atoms with Gasteiger partial charge in [-0.15, -0.1) is 0 Å². The van der Waals surface area contributed by atoms with Gasteiger partial charge in [0.2, 0.25) is 0 Å². The molecule has 256 valence electrons. The predicted molar refractivity (Wildman–Crippen MR) is 201 cm³/mol. The summed E-state index contributed by atoms with van der Waals surface area (Å²) >= 11 is 37.8. The molecule has 0 fully saturated rings. The Morgan fingerprint density at radius 2 is 0.958 bits per heavy atom. The van der Waals surface area contributed by atoms with E-state index >= 15 is 0 Å². The first kappa shape index (κ1) is 43.7. The molecule has 48 heavy (non-hydrogen) atoms. The molecular formula is C32H24Br3Cl5O8. The van der Waals surface area contributed by atoms with E-state index in [9.17, 15) is 34.5 Å². The first-order valence-electron chi connectivity index (χ1n) is 12.9. The minimum absolute atomic E-state index is 0.0284. The predicted octanol–water partition coefficient (Wildman–Crippen LogP) is 11.9. The maximum Gasteiger partial charge on any atom is 0.165 e. The van der Waals surface area contributed by atoms with Crippen LogP contribution in [0.2, 0.25) is 25.1 Å². The van der Waals surface area contributed by atoms with Gasteiger partial charge in [0.15, 0.2) is 23.1 Å². The van der Waals surface area contributed by atoms with E-state index in [0.717, 1.165) is 4.47 Å². The maximum atomic E-state index is 11.1. The van der Waals surface area contributed by atoms with Gasteiger partial charge in [-0.05, 0) is 92.2 Å². The van der Waals surface area contributed by atoms with E-state index in [4.69, 9.17) is 63.1 Å². The van der Waals surface area contributed by atoms with Crippen LogP contribution in [0.15, 0.2) is 61.9 Å². The zero-order chi connectivity index (χ0) is 37.2. The van der Waals surface area contributed by atoms with E-state index in [1.165, 1.54) is 64.1 Å². The maximum absolute atomic E-state index is 11.1. The molecule has 0 aliphatic heterocycles. The summed E-state index contributed by atoms with van der Waals surface area (Å²) in [5.74, 6) is -1.64. The number of rotatable bonds is 4. The highest BCUT2D eigenvalue weighted by atomic mass is 79.9. The van der Waals surface area contributed by atoms with Gasteiger partial charge in [-0.2, -0.15) is 0 Å². The van der Waals surface area contributed by atoms with Crippen molar-refractivity contribution in [2.45, 2.75) is 27.7 Å². The largest absolute Gasteiger partial charge is 0.507 e. The number of carbonyl (C=O) groups excluding carboxylic acids is 4. The summed E-state index contributed by atoms with van der Waals surface area (Å²) in [7, 11) is 0. The first-order valence-corrected chi connectivity index (χ1v) is 17.1. The van der Waals surface area contributed by atoms with Crippen LogP contribution >= 0.6 is 106 Å². The quantitative estimate of drug-likeness (QED) is 0.117. The van der Waals surface area contributed by atoms with Gasteiger partial charge in [0.05, 0.1) is 47.4 Å². The Kier molecular flexibility index (Phi) is 18.0. The van der Waals surface area contributed by atoms with Crippen LogP contribution in [0, 0.1) is 0 Å². The Hall–Kier alpha value is -2.35. The number of carbonyl (C=O) groups is 4. The second-order valence-electron chi connectivity index (χ2n) is 9.30. The minimum Gasteiger partial charge on any atom is -0.507 e. The molecule has 0 unspecified atom stereocenters. The second-order valence-corrected chi connectivity index (χ2v) is 14.0. The monoisotopic (exact) mass is 948 g/mol. The SMILES string of the molecule is CC(=O)c1c(Cl)ccc(Cl)c1O.CC(=O)c1c(O)c(Cl)cc(Br)c1Cl.CC(=O)c1cc(Br)cc(Cl)c1O.CC(=O)c1cc(Br)ccc1O. The first-order chi connectivity index (χ1) is 22.1. The Labute approximate surface area is 325 Å². The summed E-state index contributed by atoms with van der Waals surface area (Å²) in [6.45, 7) is 5.42. The zero-order valence-corrected chi connectivity index (χ0v) is 33.6. The number of aromatic hydroxyl groups is 4. The number of Topliss-reactive ketones (excluding diaryl/α,β-unsaturated/α-hetero) is 4. The molecule has 0 aliphatic rings. The number of halogens is 8. The number of benzene rings is 4. The molecule has 4 aromatic rings. The van der Waals surface area contributed by atoms with E-state index in [2.05, 4.69) is 47.8 Å².